The van der Waals surface area contributed by atoms with Crippen molar-refractivity contribution >= 4 is 27.5 Å². The monoisotopic (exact) mass is 565 g/mol. The van der Waals surface area contributed by atoms with Gasteiger partial charge >= 0.3 is 6.18 Å². The van der Waals surface area contributed by atoms with Crippen molar-refractivity contribution in [1.82, 2.24) is 10.6 Å². The predicted molar refractivity (Wildman–Crippen MR) is 142 cm³/mol. The van der Waals surface area contributed by atoms with E-state index in [9.17, 15) is 18.5 Å². The van der Waals surface area contributed by atoms with Gasteiger partial charge in [0.1, 0.15) is 6.04 Å². The molecule has 0 aromatic heterocycles. The van der Waals surface area contributed by atoms with Gasteiger partial charge in [-0.1, -0.05) is 62.1 Å². The Balaban J connectivity index is 2.31. The fourth-order valence-electron chi connectivity index (χ4n) is 4.75. The van der Waals surface area contributed by atoms with Crippen LogP contribution in [0.4, 0.5) is 13.2 Å². The number of thioether (sulfide) groups is 1. The van der Waals surface area contributed by atoms with Crippen molar-refractivity contribution in [2.24, 2.45) is 5.92 Å². The van der Waals surface area contributed by atoms with Crippen molar-refractivity contribution in [3.05, 3.63) is 54.1 Å². The topological polar surface area (TPSA) is 99.1 Å². The molecule has 38 heavy (non-hydrogen) atoms. The minimum Gasteiger partial charge on any atom is -0.338 e. The van der Waals surface area contributed by atoms with Crippen molar-refractivity contribution in [3.8, 4) is 17.9 Å². The molecule has 1 aromatic carbocycles. The molecule has 2 N–H and O–H groups in total. The second-order valence-electron chi connectivity index (χ2n) is 9.84. The number of carbonyl (C=O) groups is 1. The lowest BCUT2D eigenvalue weighted by Crippen LogP contribution is -2.71. The molecule has 1 aromatic rings. The SMILES string of the molecule is CC(C)C[C@@H]1N[C@@](C(F)(F)F)(C2(c3ccc(S(C)(=O)=O)cc3)C=CC=CC2)C#CCSC[C@@H](C#N)NC1=O. The molecule has 1 unspecified atom stereocenters. The zero-order valence-corrected chi connectivity index (χ0v) is 22.9. The maximum absolute atomic E-state index is 15.5. The highest BCUT2D eigenvalue weighted by Gasteiger charge is 2.66. The first-order valence-corrected chi connectivity index (χ1v) is 15.1. The average molecular weight is 566 g/mol. The number of nitriles is 1. The number of halogens is 3. The number of hydrogen-bond donors (Lipinski definition) is 2. The van der Waals surface area contributed by atoms with Crippen LogP contribution in [0.2, 0.25) is 0 Å². The summed E-state index contributed by atoms with van der Waals surface area (Å²) >= 11 is 1.16. The fraction of sp³-hybridized carbons (Fsp3) is 0.481. The maximum Gasteiger partial charge on any atom is 0.419 e. The van der Waals surface area contributed by atoms with Gasteiger partial charge in [-0.2, -0.15) is 18.4 Å². The standard InChI is InChI=1S/C27H30F3N3O3S2/c1-19(2)16-23-24(34)32-21(17-31)18-37-15-7-14-26(33-23,27(28,29)30)25(12-5-4-6-13-25)20-8-10-22(11-9-20)38(3,35)36/h4-6,8-12,19,21,23,33H,13,15-16,18H2,1-3H3,(H,32,34)/t21-,23+,25?,26-/m1/s1. The molecule has 0 spiro atoms. The van der Waals surface area contributed by atoms with Crippen LogP contribution in [0.3, 0.4) is 0 Å². The normalized spacial score (nSPS) is 28.5. The zero-order valence-electron chi connectivity index (χ0n) is 21.3. The third-order valence-corrected chi connectivity index (χ3v) is 8.63. The first kappa shape index (κ1) is 29.8. The maximum atomic E-state index is 15.5. The van der Waals surface area contributed by atoms with Gasteiger partial charge in [0, 0.05) is 12.0 Å². The predicted octanol–water partition coefficient (Wildman–Crippen LogP) is 3.91. The number of benzene rings is 1. The molecule has 1 aliphatic carbocycles. The van der Waals surface area contributed by atoms with Gasteiger partial charge in [0.15, 0.2) is 15.4 Å². The van der Waals surface area contributed by atoms with E-state index < -0.39 is 45.0 Å². The van der Waals surface area contributed by atoms with Gasteiger partial charge in [0.2, 0.25) is 5.91 Å². The lowest BCUT2D eigenvalue weighted by Gasteiger charge is -2.49. The Hall–Kier alpha value is -2.73. The van der Waals surface area contributed by atoms with E-state index >= 15 is 13.2 Å². The fourth-order valence-corrected chi connectivity index (χ4v) is 6.07. The van der Waals surface area contributed by atoms with E-state index in [0.717, 1.165) is 18.0 Å². The first-order valence-electron chi connectivity index (χ1n) is 12.0. The quantitative estimate of drug-likeness (QED) is 0.526. The Bertz CT molecular complexity index is 1310. The molecule has 11 heteroatoms. The van der Waals surface area contributed by atoms with E-state index in [-0.39, 0.29) is 40.7 Å². The van der Waals surface area contributed by atoms with Crippen molar-refractivity contribution < 1.29 is 26.4 Å². The van der Waals surface area contributed by atoms with Gasteiger partial charge in [-0.25, -0.2) is 8.42 Å². The van der Waals surface area contributed by atoms with Crippen molar-refractivity contribution in [1.29, 1.82) is 5.26 Å². The number of hydrogen-bond acceptors (Lipinski definition) is 6. The van der Waals surface area contributed by atoms with Crippen LogP contribution in [-0.4, -0.2) is 55.9 Å². The summed E-state index contributed by atoms with van der Waals surface area (Å²) in [5.74, 6) is 4.53. The van der Waals surface area contributed by atoms with Crippen LogP contribution in [0.5, 0.6) is 0 Å². The molecule has 1 heterocycles. The smallest absolute Gasteiger partial charge is 0.338 e. The number of alkyl halides is 3. The summed E-state index contributed by atoms with van der Waals surface area (Å²) in [5, 5.41) is 14.7. The van der Waals surface area contributed by atoms with Crippen molar-refractivity contribution in [3.63, 3.8) is 0 Å². The highest BCUT2D eigenvalue weighted by molar-refractivity contribution is 7.99. The molecule has 3 rings (SSSR count). The minimum atomic E-state index is -4.96. The first-order chi connectivity index (χ1) is 17.8. The molecule has 0 saturated heterocycles. The van der Waals surface area contributed by atoms with Gasteiger partial charge < -0.3 is 5.32 Å². The molecule has 4 atom stereocenters. The summed E-state index contributed by atoms with van der Waals surface area (Å²) < 4.78 is 70.6. The Morgan fingerprint density at radius 3 is 2.45 bits per heavy atom. The lowest BCUT2D eigenvalue weighted by atomic mass is 9.61. The zero-order chi connectivity index (χ0) is 28.2. The molecule has 204 valence electrons. The molecule has 2 aliphatic rings. The molecule has 0 saturated carbocycles. The van der Waals surface area contributed by atoms with E-state index in [1.54, 1.807) is 26.0 Å². The van der Waals surface area contributed by atoms with Crippen molar-refractivity contribution in [2.45, 2.75) is 60.8 Å². The summed E-state index contributed by atoms with van der Waals surface area (Å²) in [5.41, 5.74) is -4.55. The van der Waals surface area contributed by atoms with E-state index in [1.807, 2.05) is 6.07 Å². The Morgan fingerprint density at radius 1 is 1.24 bits per heavy atom. The van der Waals surface area contributed by atoms with E-state index in [4.69, 9.17) is 0 Å². The highest BCUT2D eigenvalue weighted by Crippen LogP contribution is 2.50. The summed E-state index contributed by atoms with van der Waals surface area (Å²) in [7, 11) is -3.58. The molecule has 0 bridgehead atoms. The van der Waals surface area contributed by atoms with E-state index in [1.165, 1.54) is 36.4 Å². The lowest BCUT2D eigenvalue weighted by molar-refractivity contribution is -0.196. The average Bonchev–Trinajstić information content (AvgIpc) is 2.87. The number of sulfone groups is 1. The highest BCUT2D eigenvalue weighted by atomic mass is 32.2. The molecular formula is C27H30F3N3O3S2. The van der Waals surface area contributed by atoms with Crippen LogP contribution in [0.15, 0.2) is 53.5 Å². The summed E-state index contributed by atoms with van der Waals surface area (Å²) in [6, 6.07) is 5.12. The van der Waals surface area contributed by atoms with E-state index in [0.29, 0.717) is 0 Å². The van der Waals surface area contributed by atoms with Crippen LogP contribution < -0.4 is 10.6 Å². The Labute approximate surface area is 226 Å². The van der Waals surface area contributed by atoms with E-state index in [2.05, 4.69) is 22.5 Å². The van der Waals surface area contributed by atoms with Crippen LogP contribution in [-0.2, 0) is 20.0 Å². The number of allylic oxidation sites excluding steroid dienone is 3. The molecule has 6 nitrogen and oxygen atoms in total. The van der Waals surface area contributed by atoms with Crippen LogP contribution in [0.1, 0.15) is 32.3 Å². The third kappa shape index (κ3) is 6.12. The molecular weight excluding hydrogens is 535 g/mol. The minimum absolute atomic E-state index is 0.0189. The number of carbonyl (C=O) groups excluding carboxylic acids is 1. The summed E-state index contributed by atoms with van der Waals surface area (Å²) in [6.45, 7) is 3.59. The third-order valence-electron chi connectivity index (χ3n) is 6.58. The van der Waals surface area contributed by atoms with Gasteiger partial charge in [-0.05, 0) is 36.5 Å². The summed E-state index contributed by atoms with van der Waals surface area (Å²) in [6.07, 6.45) is 2.19. The Kier molecular flexibility index (Phi) is 9.08. The number of amides is 1. The number of nitrogens with one attached hydrogen (secondary N) is 2. The molecule has 0 fully saturated rings. The van der Waals surface area contributed by atoms with Gasteiger partial charge in [-0.15, -0.1) is 11.8 Å². The van der Waals surface area contributed by atoms with Gasteiger partial charge in [-0.3, -0.25) is 10.1 Å². The second-order valence-corrected chi connectivity index (χ2v) is 12.9. The molecule has 0 radical (unpaired) electrons. The van der Waals surface area contributed by atoms with Gasteiger partial charge in [0.25, 0.3) is 0 Å². The largest absolute Gasteiger partial charge is 0.419 e. The van der Waals surface area contributed by atoms with Crippen molar-refractivity contribution in [2.75, 3.05) is 17.8 Å². The molecule has 1 aliphatic heterocycles. The number of nitrogens with zero attached hydrogens (tertiary/aromatic N) is 1. The summed E-state index contributed by atoms with van der Waals surface area (Å²) in [4.78, 5) is 13.3. The van der Waals surface area contributed by atoms with Gasteiger partial charge in [0.05, 0.1) is 28.2 Å². The number of rotatable bonds is 5. The second kappa shape index (κ2) is 11.6. The van der Waals surface area contributed by atoms with Crippen LogP contribution >= 0.6 is 11.8 Å². The van der Waals surface area contributed by atoms with Crippen LogP contribution in [0, 0.1) is 29.1 Å². The Morgan fingerprint density at radius 2 is 1.92 bits per heavy atom. The van der Waals surface area contributed by atoms with Crippen LogP contribution in [0.25, 0.3) is 0 Å². The molecule has 1 amide bonds.